The van der Waals surface area contributed by atoms with E-state index in [1.165, 1.54) is 0 Å². The van der Waals surface area contributed by atoms with E-state index in [1.807, 2.05) is 4.90 Å². The largest absolute Gasteiger partial charge is 0.475 e. The number of aromatic carboxylic acids is 1. The highest BCUT2D eigenvalue weighted by molar-refractivity contribution is 7.91. The van der Waals surface area contributed by atoms with Crippen molar-refractivity contribution in [1.82, 2.24) is 4.90 Å². The molecule has 1 aliphatic heterocycles. The maximum absolute atomic E-state index is 11.3. The number of nitrogens with zero attached hydrogens (tertiary/aromatic N) is 1. The van der Waals surface area contributed by atoms with Crippen LogP contribution in [-0.2, 0) is 16.4 Å². The smallest absolute Gasteiger partial charge is 0.372 e. The van der Waals surface area contributed by atoms with Crippen molar-refractivity contribution in [2.24, 2.45) is 0 Å². The minimum Gasteiger partial charge on any atom is -0.475 e. The van der Waals surface area contributed by atoms with Crippen LogP contribution < -0.4 is 0 Å². The summed E-state index contributed by atoms with van der Waals surface area (Å²) < 4.78 is 27.8. The molecule has 1 aliphatic rings. The molecule has 0 bridgehead atoms. The molecule has 2 rings (SSSR count). The van der Waals surface area contributed by atoms with Crippen LogP contribution in [0.4, 0.5) is 0 Å². The SMILES string of the molecule is Cc1cc(CN2CCS(=O)(=O)CC2)oc1C(=O)O. The molecule has 0 atom stereocenters. The molecule has 0 spiro atoms. The molecule has 0 saturated carbocycles. The second-order valence-corrected chi connectivity index (χ2v) is 6.76. The number of furan rings is 1. The van der Waals surface area contributed by atoms with Gasteiger partial charge in [-0.3, -0.25) is 4.90 Å². The van der Waals surface area contributed by atoms with Crippen LogP contribution >= 0.6 is 0 Å². The monoisotopic (exact) mass is 273 g/mol. The van der Waals surface area contributed by atoms with Crippen LogP contribution in [0.3, 0.4) is 0 Å². The van der Waals surface area contributed by atoms with Crippen LogP contribution in [0.1, 0.15) is 21.9 Å². The van der Waals surface area contributed by atoms with E-state index in [1.54, 1.807) is 13.0 Å². The minimum atomic E-state index is -2.89. The molecule has 7 heteroatoms. The number of hydrogen-bond donors (Lipinski definition) is 1. The fourth-order valence-corrected chi connectivity index (χ4v) is 3.24. The molecule has 1 aromatic rings. The first kappa shape index (κ1) is 13.1. The number of carbonyl (C=O) groups is 1. The average molecular weight is 273 g/mol. The van der Waals surface area contributed by atoms with Crippen LogP contribution in [-0.4, -0.2) is 49.0 Å². The molecule has 0 radical (unpaired) electrons. The van der Waals surface area contributed by atoms with Gasteiger partial charge in [0.05, 0.1) is 18.1 Å². The van der Waals surface area contributed by atoms with Gasteiger partial charge < -0.3 is 9.52 Å². The van der Waals surface area contributed by atoms with Crippen molar-refractivity contribution in [1.29, 1.82) is 0 Å². The van der Waals surface area contributed by atoms with Crippen molar-refractivity contribution in [2.75, 3.05) is 24.6 Å². The summed E-state index contributed by atoms with van der Waals surface area (Å²) in [5.41, 5.74) is 0.585. The molecular formula is C11H15NO5S. The first-order valence-electron chi connectivity index (χ1n) is 5.63. The van der Waals surface area contributed by atoms with Crippen molar-refractivity contribution < 1.29 is 22.7 Å². The van der Waals surface area contributed by atoms with Crippen molar-refractivity contribution in [2.45, 2.75) is 13.5 Å². The quantitative estimate of drug-likeness (QED) is 0.863. The number of aryl methyl sites for hydroxylation is 1. The molecule has 18 heavy (non-hydrogen) atoms. The van der Waals surface area contributed by atoms with Crippen molar-refractivity contribution >= 4 is 15.8 Å². The second kappa shape index (κ2) is 4.74. The molecule has 1 N–H and O–H groups in total. The molecule has 0 amide bonds. The summed E-state index contributed by atoms with van der Waals surface area (Å²) in [6.07, 6.45) is 0. The van der Waals surface area contributed by atoms with Gasteiger partial charge in [0.1, 0.15) is 5.76 Å². The normalized spacial score (nSPS) is 19.8. The molecule has 1 saturated heterocycles. The lowest BCUT2D eigenvalue weighted by Crippen LogP contribution is -2.39. The minimum absolute atomic E-state index is 0.0466. The van der Waals surface area contributed by atoms with Gasteiger partial charge in [-0.05, 0) is 13.0 Å². The first-order chi connectivity index (χ1) is 8.37. The lowest BCUT2D eigenvalue weighted by atomic mass is 10.2. The van der Waals surface area contributed by atoms with E-state index >= 15 is 0 Å². The number of carboxylic acids is 1. The molecule has 1 fully saturated rings. The summed E-state index contributed by atoms with van der Waals surface area (Å²) in [6.45, 7) is 3.05. The number of rotatable bonds is 3. The topological polar surface area (TPSA) is 87.8 Å². The second-order valence-electron chi connectivity index (χ2n) is 4.46. The maximum atomic E-state index is 11.3. The van der Waals surface area contributed by atoms with Gasteiger partial charge in [-0.15, -0.1) is 0 Å². The molecule has 0 aromatic carbocycles. The van der Waals surface area contributed by atoms with Gasteiger partial charge in [0.2, 0.25) is 5.76 Å². The Hall–Kier alpha value is -1.34. The Morgan fingerprint density at radius 1 is 1.44 bits per heavy atom. The van der Waals surface area contributed by atoms with Gasteiger partial charge in [0.25, 0.3) is 0 Å². The maximum Gasteiger partial charge on any atom is 0.372 e. The Morgan fingerprint density at radius 3 is 2.56 bits per heavy atom. The highest BCUT2D eigenvalue weighted by atomic mass is 32.2. The van der Waals surface area contributed by atoms with E-state index in [0.29, 0.717) is 31.0 Å². The zero-order valence-corrected chi connectivity index (χ0v) is 10.9. The molecule has 0 aliphatic carbocycles. The van der Waals surface area contributed by atoms with E-state index in [9.17, 15) is 13.2 Å². The van der Waals surface area contributed by atoms with Gasteiger partial charge in [-0.2, -0.15) is 0 Å². The van der Waals surface area contributed by atoms with Gasteiger partial charge in [-0.1, -0.05) is 0 Å². The summed E-state index contributed by atoms with van der Waals surface area (Å²) >= 11 is 0. The highest BCUT2D eigenvalue weighted by Crippen LogP contribution is 2.17. The number of sulfone groups is 1. The molecule has 100 valence electrons. The number of hydrogen-bond acceptors (Lipinski definition) is 5. The molecular weight excluding hydrogens is 258 g/mol. The Kier molecular flexibility index (Phi) is 3.45. The first-order valence-corrected chi connectivity index (χ1v) is 7.45. The third-order valence-corrected chi connectivity index (χ3v) is 4.59. The predicted octanol–water partition coefficient (Wildman–Crippen LogP) is 0.517. The van der Waals surface area contributed by atoms with Gasteiger partial charge >= 0.3 is 5.97 Å². The summed E-state index contributed by atoms with van der Waals surface area (Å²) in [6, 6.07) is 1.69. The Balaban J connectivity index is 2.03. The lowest BCUT2D eigenvalue weighted by molar-refractivity contribution is 0.0657. The van der Waals surface area contributed by atoms with E-state index < -0.39 is 15.8 Å². The zero-order chi connectivity index (χ0) is 13.3. The van der Waals surface area contributed by atoms with Crippen molar-refractivity contribution in [3.05, 3.63) is 23.2 Å². The number of carboxylic acid groups (broad SMARTS) is 1. The third kappa shape index (κ3) is 2.91. The fourth-order valence-electron chi connectivity index (χ4n) is 1.97. The molecule has 1 aromatic heterocycles. The van der Waals surface area contributed by atoms with Gasteiger partial charge in [0, 0.05) is 18.7 Å². The molecule has 2 heterocycles. The van der Waals surface area contributed by atoms with Gasteiger partial charge in [0.15, 0.2) is 9.84 Å². The molecule has 0 unspecified atom stereocenters. The van der Waals surface area contributed by atoms with Crippen LogP contribution in [0.2, 0.25) is 0 Å². The lowest BCUT2D eigenvalue weighted by Gasteiger charge is -2.25. The van der Waals surface area contributed by atoms with Crippen LogP contribution in [0.5, 0.6) is 0 Å². The van der Waals surface area contributed by atoms with Crippen molar-refractivity contribution in [3.8, 4) is 0 Å². The standard InChI is InChI=1S/C11H15NO5S/c1-8-6-9(17-10(8)11(13)14)7-12-2-4-18(15,16)5-3-12/h6H,2-5,7H2,1H3,(H,13,14). The Morgan fingerprint density at radius 2 is 2.06 bits per heavy atom. The predicted molar refractivity (Wildman–Crippen MR) is 64.3 cm³/mol. The summed E-state index contributed by atoms with van der Waals surface area (Å²) in [5, 5.41) is 8.87. The fraction of sp³-hybridized carbons (Fsp3) is 0.545. The van der Waals surface area contributed by atoms with Crippen LogP contribution in [0, 0.1) is 6.92 Å². The Bertz CT molecular complexity index is 546. The Labute approximate surface area is 105 Å². The highest BCUT2D eigenvalue weighted by Gasteiger charge is 2.23. The third-order valence-electron chi connectivity index (χ3n) is 2.98. The average Bonchev–Trinajstić information content (AvgIpc) is 2.63. The van der Waals surface area contributed by atoms with Crippen LogP contribution in [0.25, 0.3) is 0 Å². The molecule has 6 nitrogen and oxygen atoms in total. The summed E-state index contributed by atoms with van der Waals surface area (Å²) in [4.78, 5) is 12.8. The van der Waals surface area contributed by atoms with E-state index in [-0.39, 0.29) is 17.3 Å². The van der Waals surface area contributed by atoms with Crippen molar-refractivity contribution in [3.63, 3.8) is 0 Å². The van der Waals surface area contributed by atoms with E-state index in [0.717, 1.165) is 0 Å². The van der Waals surface area contributed by atoms with E-state index in [4.69, 9.17) is 9.52 Å². The summed E-state index contributed by atoms with van der Waals surface area (Å²) in [5.74, 6) is -0.268. The van der Waals surface area contributed by atoms with Crippen LogP contribution in [0.15, 0.2) is 10.5 Å². The van der Waals surface area contributed by atoms with E-state index in [2.05, 4.69) is 0 Å². The zero-order valence-electron chi connectivity index (χ0n) is 10.0. The summed E-state index contributed by atoms with van der Waals surface area (Å²) in [7, 11) is -2.89. The van der Waals surface area contributed by atoms with Gasteiger partial charge in [-0.25, -0.2) is 13.2 Å².